The summed E-state index contributed by atoms with van der Waals surface area (Å²) < 4.78 is 0. The molecule has 1 aromatic heterocycles. The van der Waals surface area contributed by atoms with Crippen molar-refractivity contribution in [3.05, 3.63) is 64.3 Å². The molecule has 35 heavy (non-hydrogen) atoms. The van der Waals surface area contributed by atoms with Gasteiger partial charge in [-0.3, -0.25) is 9.69 Å². The highest BCUT2D eigenvalue weighted by molar-refractivity contribution is 6.40. The van der Waals surface area contributed by atoms with Crippen molar-refractivity contribution in [2.24, 2.45) is 0 Å². The molecular weight excluding hydrogens is 485 g/mol. The number of nitrogens with zero attached hydrogens (tertiary/aromatic N) is 5. The van der Waals surface area contributed by atoms with Crippen LogP contribution in [-0.2, 0) is 0 Å². The molecule has 3 aliphatic rings. The summed E-state index contributed by atoms with van der Waals surface area (Å²) in [5.41, 5.74) is 3.08. The Morgan fingerprint density at radius 3 is 2.49 bits per heavy atom. The van der Waals surface area contributed by atoms with E-state index in [2.05, 4.69) is 37.6 Å². The highest BCUT2D eigenvalue weighted by Crippen LogP contribution is 2.43. The minimum atomic E-state index is -0.190. The lowest BCUT2D eigenvalue weighted by molar-refractivity contribution is 0.0970. The second kappa shape index (κ2) is 9.18. The van der Waals surface area contributed by atoms with Gasteiger partial charge >= 0.3 is 0 Å². The van der Waals surface area contributed by atoms with Gasteiger partial charge in [-0.2, -0.15) is 4.98 Å². The Balaban J connectivity index is 1.28. The van der Waals surface area contributed by atoms with E-state index in [-0.39, 0.29) is 12.1 Å². The number of fused-ring (bicyclic) bond motifs is 3. The second-order valence-corrected chi connectivity index (χ2v) is 9.72. The number of anilines is 5. The van der Waals surface area contributed by atoms with Crippen LogP contribution < -0.4 is 25.3 Å². The van der Waals surface area contributed by atoms with Crippen molar-refractivity contribution in [3.8, 4) is 0 Å². The van der Waals surface area contributed by atoms with E-state index in [0.717, 1.165) is 51.3 Å². The Morgan fingerprint density at radius 2 is 1.74 bits per heavy atom. The van der Waals surface area contributed by atoms with Crippen LogP contribution in [0.2, 0.25) is 10.0 Å². The number of piperazine rings is 1. The van der Waals surface area contributed by atoms with Crippen LogP contribution in [0.1, 0.15) is 23.2 Å². The van der Waals surface area contributed by atoms with E-state index in [1.807, 2.05) is 12.1 Å². The van der Waals surface area contributed by atoms with Crippen LogP contribution in [0.15, 0.2) is 48.7 Å². The Labute approximate surface area is 213 Å². The fourth-order valence-corrected chi connectivity index (χ4v) is 5.69. The summed E-state index contributed by atoms with van der Waals surface area (Å²) in [6.07, 6.45) is 3.16. The molecule has 10 heteroatoms. The number of aromatic nitrogens is 2. The quantitative estimate of drug-likeness (QED) is 0.535. The second-order valence-electron chi connectivity index (χ2n) is 8.90. The molecule has 8 nitrogen and oxygen atoms in total. The molecule has 0 aliphatic carbocycles. The van der Waals surface area contributed by atoms with Crippen molar-refractivity contribution >= 4 is 57.9 Å². The van der Waals surface area contributed by atoms with Gasteiger partial charge in [-0.1, -0.05) is 29.3 Å². The van der Waals surface area contributed by atoms with Crippen LogP contribution in [-0.4, -0.2) is 54.8 Å². The van der Waals surface area contributed by atoms with Crippen molar-refractivity contribution < 1.29 is 4.79 Å². The fraction of sp³-hybridized carbons (Fsp3) is 0.320. The average Bonchev–Trinajstić information content (AvgIpc) is 3.37. The molecule has 4 heterocycles. The van der Waals surface area contributed by atoms with Gasteiger partial charge in [-0.15, -0.1) is 0 Å². The molecule has 2 saturated heterocycles. The molecule has 180 valence electrons. The van der Waals surface area contributed by atoms with Crippen LogP contribution in [0.25, 0.3) is 0 Å². The molecule has 6 rings (SSSR count). The summed E-state index contributed by atoms with van der Waals surface area (Å²) in [5, 5.41) is 7.57. The lowest BCUT2D eigenvalue weighted by atomic mass is 10.1. The third-order valence-corrected chi connectivity index (χ3v) is 7.40. The Hall–Kier alpha value is -3.07. The van der Waals surface area contributed by atoms with Crippen LogP contribution >= 0.6 is 23.2 Å². The van der Waals surface area contributed by atoms with Crippen molar-refractivity contribution in [2.45, 2.75) is 19.0 Å². The molecule has 1 unspecified atom stereocenters. The van der Waals surface area contributed by atoms with Crippen LogP contribution in [0.5, 0.6) is 0 Å². The first-order valence-corrected chi connectivity index (χ1v) is 12.6. The third-order valence-electron chi connectivity index (χ3n) is 6.79. The third kappa shape index (κ3) is 4.05. The van der Waals surface area contributed by atoms with E-state index in [9.17, 15) is 4.79 Å². The summed E-state index contributed by atoms with van der Waals surface area (Å²) in [6.45, 7) is 4.79. The molecule has 0 radical (unpaired) electrons. The van der Waals surface area contributed by atoms with Gasteiger partial charge in [0.05, 0.1) is 15.7 Å². The molecule has 2 aromatic carbocycles. The lowest BCUT2D eigenvalue weighted by Gasteiger charge is -2.41. The SMILES string of the molecule is O=C1c2cnc(Nc3ccc(N4CCNCC4)cc3)nc2N2CCCC2N1c1c(Cl)cccc1Cl. The molecule has 1 amide bonds. The highest BCUT2D eigenvalue weighted by Gasteiger charge is 2.43. The maximum atomic E-state index is 13.6. The topological polar surface area (TPSA) is 76.6 Å². The first-order chi connectivity index (χ1) is 17.1. The number of para-hydroxylation sites is 1. The van der Waals surface area contributed by atoms with Gasteiger partial charge in [0.2, 0.25) is 5.95 Å². The van der Waals surface area contributed by atoms with Crippen molar-refractivity contribution in [1.29, 1.82) is 0 Å². The summed E-state index contributed by atoms with van der Waals surface area (Å²) in [5.74, 6) is 0.915. The molecular formula is C25H25Cl2N7O. The smallest absolute Gasteiger partial charge is 0.265 e. The number of carbonyl (C=O) groups excluding carboxylic acids is 1. The predicted molar refractivity (Wildman–Crippen MR) is 140 cm³/mol. The number of nitrogens with one attached hydrogen (secondary N) is 2. The number of hydrogen-bond donors (Lipinski definition) is 2. The average molecular weight is 510 g/mol. The molecule has 2 fully saturated rings. The molecule has 3 aliphatic heterocycles. The van der Waals surface area contributed by atoms with Gasteiger partial charge in [0.15, 0.2) is 0 Å². The summed E-state index contributed by atoms with van der Waals surface area (Å²) in [4.78, 5) is 29.0. The monoisotopic (exact) mass is 509 g/mol. The zero-order valence-corrected chi connectivity index (χ0v) is 20.6. The molecule has 2 N–H and O–H groups in total. The van der Waals surface area contributed by atoms with E-state index in [1.165, 1.54) is 5.69 Å². The molecule has 3 aromatic rings. The van der Waals surface area contributed by atoms with Gasteiger partial charge in [-0.25, -0.2) is 4.98 Å². The summed E-state index contributed by atoms with van der Waals surface area (Å²) in [6, 6.07) is 13.6. The lowest BCUT2D eigenvalue weighted by Crippen LogP contribution is -2.53. The van der Waals surface area contributed by atoms with Gasteiger partial charge in [-0.05, 0) is 49.2 Å². The zero-order valence-electron chi connectivity index (χ0n) is 19.0. The van der Waals surface area contributed by atoms with Crippen molar-refractivity contribution in [3.63, 3.8) is 0 Å². The highest BCUT2D eigenvalue weighted by atomic mass is 35.5. The molecule has 0 bridgehead atoms. The first kappa shape index (κ1) is 22.4. The summed E-state index contributed by atoms with van der Waals surface area (Å²) >= 11 is 13.0. The minimum Gasteiger partial charge on any atom is -0.369 e. The zero-order chi connectivity index (χ0) is 23.9. The van der Waals surface area contributed by atoms with Gasteiger partial charge < -0.3 is 20.4 Å². The van der Waals surface area contributed by atoms with E-state index >= 15 is 0 Å². The maximum absolute atomic E-state index is 13.6. The first-order valence-electron chi connectivity index (χ1n) is 11.8. The molecule has 0 saturated carbocycles. The number of hydrogen-bond acceptors (Lipinski definition) is 7. The largest absolute Gasteiger partial charge is 0.369 e. The maximum Gasteiger partial charge on any atom is 0.265 e. The number of amides is 1. The summed E-state index contributed by atoms with van der Waals surface area (Å²) in [7, 11) is 0. The standard InChI is InChI=1S/C25H25Cl2N7O/c26-19-3-1-4-20(27)22(19)34-21-5-2-12-33(21)23-18(24(34)35)15-29-25(31-23)30-16-6-8-17(9-7-16)32-13-10-28-11-14-32/h1,3-4,6-9,15,21,28H,2,5,10-14H2,(H,29,30,31). The molecule has 0 spiro atoms. The van der Waals surface area contributed by atoms with E-state index < -0.39 is 0 Å². The van der Waals surface area contributed by atoms with E-state index in [4.69, 9.17) is 28.2 Å². The van der Waals surface area contributed by atoms with Crippen LogP contribution in [0.3, 0.4) is 0 Å². The normalized spacial score (nSPS) is 19.5. The van der Waals surface area contributed by atoms with Crippen LogP contribution in [0.4, 0.5) is 28.8 Å². The number of benzene rings is 2. The molecule has 1 atom stereocenters. The minimum absolute atomic E-state index is 0.187. The Bertz CT molecular complexity index is 1240. The Morgan fingerprint density at radius 1 is 1.00 bits per heavy atom. The van der Waals surface area contributed by atoms with Gasteiger partial charge in [0, 0.05) is 50.3 Å². The van der Waals surface area contributed by atoms with Gasteiger partial charge in [0.25, 0.3) is 5.91 Å². The van der Waals surface area contributed by atoms with E-state index in [0.29, 0.717) is 33.1 Å². The number of halogens is 2. The van der Waals surface area contributed by atoms with Crippen molar-refractivity contribution in [1.82, 2.24) is 15.3 Å². The van der Waals surface area contributed by atoms with Crippen LogP contribution in [0, 0.1) is 0 Å². The predicted octanol–water partition coefficient (Wildman–Crippen LogP) is 4.52. The Kier molecular flexibility index (Phi) is 5.88. The number of rotatable bonds is 4. The number of carbonyl (C=O) groups is 1. The fourth-order valence-electron chi connectivity index (χ4n) is 5.11. The van der Waals surface area contributed by atoms with E-state index in [1.54, 1.807) is 29.3 Å². The van der Waals surface area contributed by atoms with Gasteiger partial charge in [0.1, 0.15) is 17.5 Å². The van der Waals surface area contributed by atoms with Crippen molar-refractivity contribution in [2.75, 3.05) is 52.7 Å².